The van der Waals surface area contributed by atoms with Crippen molar-refractivity contribution in [3.63, 3.8) is 0 Å². The van der Waals surface area contributed by atoms with Crippen molar-refractivity contribution in [2.45, 2.75) is 16.3 Å². The van der Waals surface area contributed by atoms with Crippen molar-refractivity contribution in [2.24, 2.45) is 0 Å². The Morgan fingerprint density at radius 2 is 1.60 bits per heavy atom. The number of sulfonamides is 1. The SMILES string of the molecule is CS(=O)(=O)N(CC(=O)Nc1ccccc1Sc1ccccc1)Cc1ccc(Br)cc1. The number of nitrogens with one attached hydrogen (secondary N) is 1. The quantitative estimate of drug-likeness (QED) is 0.468. The van der Waals surface area contributed by atoms with E-state index >= 15 is 0 Å². The predicted octanol–water partition coefficient (Wildman–Crippen LogP) is 5.00. The van der Waals surface area contributed by atoms with Crippen molar-refractivity contribution < 1.29 is 13.2 Å². The Balaban J connectivity index is 1.72. The van der Waals surface area contributed by atoms with E-state index in [1.54, 1.807) is 0 Å². The lowest BCUT2D eigenvalue weighted by Crippen LogP contribution is -2.37. The van der Waals surface area contributed by atoms with E-state index in [2.05, 4.69) is 21.2 Å². The van der Waals surface area contributed by atoms with Gasteiger partial charge in [0.2, 0.25) is 15.9 Å². The van der Waals surface area contributed by atoms with E-state index in [0.29, 0.717) is 5.69 Å². The molecule has 0 aliphatic heterocycles. The van der Waals surface area contributed by atoms with Crippen LogP contribution in [0.15, 0.2) is 93.1 Å². The molecular formula is C22H21BrN2O3S2. The van der Waals surface area contributed by atoms with Crippen molar-refractivity contribution in [1.82, 2.24) is 4.31 Å². The first-order valence-electron chi connectivity index (χ1n) is 9.12. The molecule has 0 aliphatic rings. The van der Waals surface area contributed by atoms with Gasteiger partial charge >= 0.3 is 0 Å². The molecule has 0 bridgehead atoms. The average Bonchev–Trinajstić information content (AvgIpc) is 2.71. The second-order valence-electron chi connectivity index (χ2n) is 6.62. The molecule has 3 rings (SSSR count). The fraction of sp³-hybridized carbons (Fsp3) is 0.136. The van der Waals surface area contributed by atoms with Gasteiger partial charge in [-0.25, -0.2) is 8.42 Å². The molecule has 0 heterocycles. The minimum atomic E-state index is -3.56. The second kappa shape index (κ2) is 10.3. The number of hydrogen-bond donors (Lipinski definition) is 1. The molecule has 30 heavy (non-hydrogen) atoms. The Bertz CT molecular complexity index is 1100. The maximum absolute atomic E-state index is 12.7. The van der Waals surface area contributed by atoms with Crippen LogP contribution in [0, 0.1) is 0 Å². The van der Waals surface area contributed by atoms with Crippen LogP contribution in [0.2, 0.25) is 0 Å². The van der Waals surface area contributed by atoms with Crippen LogP contribution in [0.1, 0.15) is 5.56 Å². The van der Waals surface area contributed by atoms with E-state index in [-0.39, 0.29) is 13.1 Å². The zero-order valence-corrected chi connectivity index (χ0v) is 19.5. The van der Waals surface area contributed by atoms with Crippen LogP contribution in [0.5, 0.6) is 0 Å². The summed E-state index contributed by atoms with van der Waals surface area (Å²) in [5, 5.41) is 2.85. The smallest absolute Gasteiger partial charge is 0.239 e. The second-order valence-corrected chi connectivity index (χ2v) is 10.6. The number of rotatable bonds is 8. The van der Waals surface area contributed by atoms with E-state index in [9.17, 15) is 13.2 Å². The van der Waals surface area contributed by atoms with Crippen LogP contribution in [-0.4, -0.2) is 31.4 Å². The van der Waals surface area contributed by atoms with Gasteiger partial charge in [0.15, 0.2) is 0 Å². The van der Waals surface area contributed by atoms with Crippen molar-refractivity contribution in [3.05, 3.63) is 88.9 Å². The highest BCUT2D eigenvalue weighted by atomic mass is 79.9. The van der Waals surface area contributed by atoms with Gasteiger partial charge in [0.25, 0.3) is 0 Å². The van der Waals surface area contributed by atoms with Crippen molar-refractivity contribution in [1.29, 1.82) is 0 Å². The molecule has 0 saturated heterocycles. The lowest BCUT2D eigenvalue weighted by molar-refractivity contribution is -0.116. The third-order valence-electron chi connectivity index (χ3n) is 4.19. The fourth-order valence-corrected chi connectivity index (χ4v) is 4.63. The molecule has 0 saturated carbocycles. The molecule has 5 nitrogen and oxygen atoms in total. The van der Waals surface area contributed by atoms with Gasteiger partial charge in [-0.1, -0.05) is 70.2 Å². The molecule has 156 valence electrons. The summed E-state index contributed by atoms with van der Waals surface area (Å²) in [5.41, 5.74) is 1.45. The van der Waals surface area contributed by atoms with Crippen LogP contribution < -0.4 is 5.32 Å². The van der Waals surface area contributed by atoms with Gasteiger partial charge in [-0.05, 0) is 42.0 Å². The minimum absolute atomic E-state index is 0.125. The largest absolute Gasteiger partial charge is 0.324 e. The number of benzene rings is 3. The number of para-hydroxylation sites is 1. The third-order valence-corrected chi connectivity index (χ3v) is 7.00. The van der Waals surface area contributed by atoms with E-state index in [0.717, 1.165) is 26.1 Å². The zero-order valence-electron chi connectivity index (χ0n) is 16.3. The van der Waals surface area contributed by atoms with Gasteiger partial charge in [-0.3, -0.25) is 4.79 Å². The number of carbonyl (C=O) groups excluding carboxylic acids is 1. The van der Waals surface area contributed by atoms with Crippen LogP contribution in [0.3, 0.4) is 0 Å². The summed E-state index contributed by atoms with van der Waals surface area (Å²) in [6.07, 6.45) is 1.11. The number of anilines is 1. The molecule has 8 heteroatoms. The van der Waals surface area contributed by atoms with Crippen molar-refractivity contribution in [3.8, 4) is 0 Å². The highest BCUT2D eigenvalue weighted by molar-refractivity contribution is 9.10. The van der Waals surface area contributed by atoms with Gasteiger partial charge < -0.3 is 5.32 Å². The summed E-state index contributed by atoms with van der Waals surface area (Å²) in [7, 11) is -3.56. The minimum Gasteiger partial charge on any atom is -0.324 e. The molecule has 0 unspecified atom stereocenters. The van der Waals surface area contributed by atoms with Gasteiger partial charge in [-0.15, -0.1) is 0 Å². The van der Waals surface area contributed by atoms with Crippen LogP contribution in [-0.2, 0) is 21.4 Å². The Morgan fingerprint density at radius 1 is 0.967 bits per heavy atom. The third kappa shape index (κ3) is 6.70. The molecule has 0 spiro atoms. The van der Waals surface area contributed by atoms with Gasteiger partial charge in [0.05, 0.1) is 18.5 Å². The summed E-state index contributed by atoms with van der Waals surface area (Å²) in [4.78, 5) is 14.6. The van der Waals surface area contributed by atoms with Gasteiger partial charge in [0.1, 0.15) is 0 Å². The highest BCUT2D eigenvalue weighted by Crippen LogP contribution is 2.33. The van der Waals surface area contributed by atoms with Crippen molar-refractivity contribution in [2.75, 3.05) is 18.1 Å². The first-order chi connectivity index (χ1) is 14.3. The van der Waals surface area contributed by atoms with E-state index in [4.69, 9.17) is 0 Å². The van der Waals surface area contributed by atoms with Crippen LogP contribution in [0.25, 0.3) is 0 Å². The lowest BCUT2D eigenvalue weighted by atomic mass is 10.2. The standard InChI is InChI=1S/C22H21BrN2O3S2/c1-30(27,28)25(15-17-11-13-18(23)14-12-17)16-22(26)24-20-9-5-6-10-21(20)29-19-7-3-2-4-8-19/h2-14H,15-16H2,1H3,(H,24,26). The van der Waals surface area contributed by atoms with Crippen LogP contribution in [0.4, 0.5) is 5.69 Å². The number of nitrogens with zero attached hydrogens (tertiary/aromatic N) is 1. The Labute approximate surface area is 189 Å². The van der Waals surface area contributed by atoms with Crippen molar-refractivity contribution >= 4 is 49.3 Å². The van der Waals surface area contributed by atoms with Gasteiger partial charge in [-0.2, -0.15) is 4.31 Å². The van der Waals surface area contributed by atoms with E-state index in [1.807, 2.05) is 78.9 Å². The Kier molecular flexibility index (Phi) is 7.71. The monoisotopic (exact) mass is 504 g/mol. The first-order valence-corrected chi connectivity index (χ1v) is 12.6. The molecular weight excluding hydrogens is 484 g/mol. The first kappa shape index (κ1) is 22.6. The molecule has 0 fully saturated rings. The molecule has 0 radical (unpaired) electrons. The summed E-state index contributed by atoms with van der Waals surface area (Å²) in [6, 6.07) is 24.6. The molecule has 1 amide bonds. The normalized spacial score (nSPS) is 11.4. The summed E-state index contributed by atoms with van der Waals surface area (Å²) < 4.78 is 26.5. The van der Waals surface area contributed by atoms with E-state index < -0.39 is 15.9 Å². The molecule has 1 N–H and O–H groups in total. The highest BCUT2D eigenvalue weighted by Gasteiger charge is 2.21. The Morgan fingerprint density at radius 3 is 2.27 bits per heavy atom. The molecule has 0 atom stereocenters. The fourth-order valence-electron chi connectivity index (χ4n) is 2.71. The maximum atomic E-state index is 12.7. The van der Waals surface area contributed by atoms with Crippen LogP contribution >= 0.6 is 27.7 Å². The number of carbonyl (C=O) groups is 1. The maximum Gasteiger partial charge on any atom is 0.239 e. The molecule has 3 aromatic rings. The summed E-state index contributed by atoms with van der Waals surface area (Å²) in [5.74, 6) is -0.390. The van der Waals surface area contributed by atoms with E-state index in [1.165, 1.54) is 16.1 Å². The predicted molar refractivity (Wildman–Crippen MR) is 125 cm³/mol. The number of amides is 1. The number of hydrogen-bond acceptors (Lipinski definition) is 4. The van der Waals surface area contributed by atoms with Gasteiger partial charge in [0, 0.05) is 20.8 Å². The lowest BCUT2D eigenvalue weighted by Gasteiger charge is -2.20. The summed E-state index contributed by atoms with van der Waals surface area (Å²) in [6.45, 7) is -0.140. The number of halogens is 1. The zero-order chi connectivity index (χ0) is 21.6. The molecule has 0 aliphatic carbocycles. The average molecular weight is 505 g/mol. The Hall–Kier alpha value is -2.13. The molecule has 3 aromatic carbocycles. The topological polar surface area (TPSA) is 66.5 Å². The molecule has 0 aromatic heterocycles. The summed E-state index contributed by atoms with van der Waals surface area (Å²) >= 11 is 4.89.